The Bertz CT molecular complexity index is 614. The number of aryl methyl sites for hydroxylation is 1. The Morgan fingerprint density at radius 1 is 1.30 bits per heavy atom. The molecular weight excluding hydrogens is 250 g/mol. The van der Waals surface area contributed by atoms with Gasteiger partial charge in [0.2, 0.25) is 0 Å². The van der Waals surface area contributed by atoms with E-state index in [1.807, 2.05) is 10.9 Å². The zero-order chi connectivity index (χ0) is 13.8. The molecule has 0 saturated heterocycles. The number of rotatable bonds is 5. The van der Waals surface area contributed by atoms with Crippen LogP contribution < -0.4 is 5.32 Å². The van der Waals surface area contributed by atoms with Crippen LogP contribution in [0.5, 0.6) is 0 Å². The lowest BCUT2D eigenvalue weighted by molar-refractivity contribution is 0.676. The van der Waals surface area contributed by atoms with Crippen LogP contribution in [-0.4, -0.2) is 26.3 Å². The van der Waals surface area contributed by atoms with Crippen LogP contribution in [-0.2, 0) is 6.54 Å². The van der Waals surface area contributed by atoms with E-state index in [1.54, 1.807) is 11.9 Å². The molecule has 0 aliphatic heterocycles. The van der Waals surface area contributed by atoms with Crippen LogP contribution in [0.2, 0.25) is 0 Å². The predicted octanol–water partition coefficient (Wildman–Crippen LogP) is 3.15. The summed E-state index contributed by atoms with van der Waals surface area (Å²) in [6, 6.07) is 0. The highest BCUT2D eigenvalue weighted by Crippen LogP contribution is 2.21. The van der Waals surface area contributed by atoms with E-state index in [9.17, 15) is 0 Å². The molecule has 0 radical (unpaired) electrons. The van der Waals surface area contributed by atoms with Crippen molar-refractivity contribution in [2.75, 3.05) is 11.9 Å². The Morgan fingerprint density at radius 3 is 3.05 bits per heavy atom. The van der Waals surface area contributed by atoms with Crippen LogP contribution in [0.3, 0.4) is 0 Å². The SMILES string of the molecule is CCn1ncc2c(NCCC3=CCCCC3)ncnc21. The van der Waals surface area contributed by atoms with Gasteiger partial charge in [-0.3, -0.25) is 0 Å². The highest BCUT2D eigenvalue weighted by atomic mass is 15.3. The average Bonchev–Trinajstić information content (AvgIpc) is 2.92. The molecule has 0 amide bonds. The summed E-state index contributed by atoms with van der Waals surface area (Å²) >= 11 is 0. The summed E-state index contributed by atoms with van der Waals surface area (Å²) in [5, 5.41) is 8.77. The summed E-state index contributed by atoms with van der Waals surface area (Å²) in [4.78, 5) is 8.65. The second-order valence-corrected chi connectivity index (χ2v) is 5.20. The average molecular weight is 271 g/mol. The molecule has 1 aliphatic rings. The molecule has 2 aromatic heterocycles. The lowest BCUT2D eigenvalue weighted by Gasteiger charge is -2.13. The number of nitrogens with one attached hydrogen (secondary N) is 1. The van der Waals surface area contributed by atoms with Crippen molar-refractivity contribution in [2.45, 2.75) is 45.6 Å². The van der Waals surface area contributed by atoms with Crippen molar-refractivity contribution >= 4 is 16.9 Å². The minimum Gasteiger partial charge on any atom is -0.369 e. The Balaban J connectivity index is 1.68. The number of aromatic nitrogens is 4. The first-order valence-electron chi connectivity index (χ1n) is 7.47. The second kappa shape index (κ2) is 6.03. The van der Waals surface area contributed by atoms with Crippen LogP contribution in [0.4, 0.5) is 5.82 Å². The zero-order valence-electron chi connectivity index (χ0n) is 12.0. The molecule has 0 spiro atoms. The van der Waals surface area contributed by atoms with Crippen molar-refractivity contribution in [2.24, 2.45) is 0 Å². The molecule has 0 unspecified atom stereocenters. The van der Waals surface area contributed by atoms with Gasteiger partial charge in [-0.25, -0.2) is 14.6 Å². The smallest absolute Gasteiger partial charge is 0.163 e. The maximum atomic E-state index is 4.34. The summed E-state index contributed by atoms with van der Waals surface area (Å²) in [6.07, 6.45) is 12.2. The first-order valence-corrected chi connectivity index (χ1v) is 7.47. The van der Waals surface area contributed by atoms with E-state index in [1.165, 1.54) is 25.7 Å². The molecule has 0 aromatic carbocycles. The van der Waals surface area contributed by atoms with Gasteiger partial charge >= 0.3 is 0 Å². The summed E-state index contributed by atoms with van der Waals surface area (Å²) in [6.45, 7) is 3.82. The number of fused-ring (bicyclic) bond motifs is 1. The molecule has 5 heteroatoms. The van der Waals surface area contributed by atoms with E-state index in [0.717, 1.165) is 36.4 Å². The lowest BCUT2D eigenvalue weighted by atomic mass is 9.97. The van der Waals surface area contributed by atoms with E-state index in [0.29, 0.717) is 0 Å². The second-order valence-electron chi connectivity index (χ2n) is 5.20. The lowest BCUT2D eigenvalue weighted by Crippen LogP contribution is -2.06. The topological polar surface area (TPSA) is 55.6 Å². The summed E-state index contributed by atoms with van der Waals surface area (Å²) < 4.78 is 1.89. The maximum Gasteiger partial charge on any atom is 0.163 e. The van der Waals surface area contributed by atoms with Crippen molar-refractivity contribution in [3.05, 3.63) is 24.2 Å². The molecule has 1 N–H and O–H groups in total. The molecule has 20 heavy (non-hydrogen) atoms. The van der Waals surface area contributed by atoms with Crippen LogP contribution >= 0.6 is 0 Å². The van der Waals surface area contributed by atoms with Crippen molar-refractivity contribution < 1.29 is 0 Å². The van der Waals surface area contributed by atoms with Crippen LogP contribution in [0, 0.1) is 0 Å². The number of hydrogen-bond donors (Lipinski definition) is 1. The first-order chi connectivity index (χ1) is 9.88. The van der Waals surface area contributed by atoms with Gasteiger partial charge in [0.25, 0.3) is 0 Å². The number of anilines is 1. The molecule has 0 atom stereocenters. The van der Waals surface area contributed by atoms with E-state index in [2.05, 4.69) is 33.4 Å². The fourth-order valence-electron chi connectivity index (χ4n) is 2.74. The molecule has 106 valence electrons. The fourth-order valence-corrected chi connectivity index (χ4v) is 2.74. The zero-order valence-corrected chi connectivity index (χ0v) is 12.0. The molecule has 0 bridgehead atoms. The van der Waals surface area contributed by atoms with E-state index < -0.39 is 0 Å². The minimum atomic E-state index is 0.826. The van der Waals surface area contributed by atoms with Gasteiger partial charge in [0.05, 0.1) is 11.6 Å². The molecule has 2 aromatic rings. The van der Waals surface area contributed by atoms with Crippen LogP contribution in [0.25, 0.3) is 11.0 Å². The van der Waals surface area contributed by atoms with Gasteiger partial charge in [0, 0.05) is 13.1 Å². The summed E-state index contributed by atoms with van der Waals surface area (Å²) in [5.41, 5.74) is 2.49. The molecule has 0 saturated carbocycles. The molecule has 1 aliphatic carbocycles. The Hall–Kier alpha value is -1.91. The van der Waals surface area contributed by atoms with Gasteiger partial charge in [0.1, 0.15) is 12.1 Å². The van der Waals surface area contributed by atoms with Crippen molar-refractivity contribution in [3.8, 4) is 0 Å². The summed E-state index contributed by atoms with van der Waals surface area (Å²) in [7, 11) is 0. The van der Waals surface area contributed by atoms with Crippen molar-refractivity contribution in [3.63, 3.8) is 0 Å². The van der Waals surface area contributed by atoms with E-state index in [4.69, 9.17) is 0 Å². The number of allylic oxidation sites excluding steroid dienone is 1. The van der Waals surface area contributed by atoms with Gasteiger partial charge in [0.15, 0.2) is 5.65 Å². The summed E-state index contributed by atoms with van der Waals surface area (Å²) in [5.74, 6) is 0.895. The minimum absolute atomic E-state index is 0.826. The number of nitrogens with zero attached hydrogens (tertiary/aromatic N) is 4. The Kier molecular flexibility index (Phi) is 3.95. The van der Waals surface area contributed by atoms with Gasteiger partial charge < -0.3 is 5.32 Å². The van der Waals surface area contributed by atoms with E-state index in [-0.39, 0.29) is 0 Å². The molecule has 3 rings (SSSR count). The van der Waals surface area contributed by atoms with Crippen molar-refractivity contribution in [1.29, 1.82) is 0 Å². The predicted molar refractivity (Wildman–Crippen MR) is 80.7 cm³/mol. The van der Waals surface area contributed by atoms with Gasteiger partial charge in [-0.05, 0) is 39.0 Å². The largest absolute Gasteiger partial charge is 0.369 e. The van der Waals surface area contributed by atoms with E-state index >= 15 is 0 Å². The molecule has 5 nitrogen and oxygen atoms in total. The quantitative estimate of drug-likeness (QED) is 0.849. The van der Waals surface area contributed by atoms with Gasteiger partial charge in [-0.1, -0.05) is 11.6 Å². The van der Waals surface area contributed by atoms with Crippen molar-refractivity contribution in [1.82, 2.24) is 19.7 Å². The number of hydrogen-bond acceptors (Lipinski definition) is 4. The standard InChI is InChI=1S/C15H21N5/c1-2-20-15-13(10-19-20)14(17-11-18-15)16-9-8-12-6-4-3-5-7-12/h6,10-11H,2-5,7-9H2,1H3,(H,16,17,18). The molecule has 2 heterocycles. The first kappa shape index (κ1) is 13.1. The third-order valence-electron chi connectivity index (χ3n) is 3.86. The molecular formula is C15H21N5. The van der Waals surface area contributed by atoms with Gasteiger partial charge in [-0.15, -0.1) is 0 Å². The highest BCUT2D eigenvalue weighted by Gasteiger charge is 2.09. The normalized spacial score (nSPS) is 15.3. The highest BCUT2D eigenvalue weighted by molar-refractivity contribution is 5.85. The Labute approximate surface area is 119 Å². The van der Waals surface area contributed by atoms with Crippen LogP contribution in [0.15, 0.2) is 24.2 Å². The van der Waals surface area contributed by atoms with Gasteiger partial charge in [-0.2, -0.15) is 5.10 Å². The maximum absolute atomic E-state index is 4.34. The third-order valence-corrected chi connectivity index (χ3v) is 3.86. The Morgan fingerprint density at radius 2 is 2.25 bits per heavy atom. The molecule has 0 fully saturated rings. The third kappa shape index (κ3) is 2.66. The van der Waals surface area contributed by atoms with Crippen LogP contribution in [0.1, 0.15) is 39.0 Å². The monoisotopic (exact) mass is 271 g/mol. The fraction of sp³-hybridized carbons (Fsp3) is 0.533.